The summed E-state index contributed by atoms with van der Waals surface area (Å²) in [6, 6.07) is 5.52. The molecule has 200 valence electrons. The Kier molecular flexibility index (Phi) is 7.06. The van der Waals surface area contributed by atoms with Crippen LogP contribution in [0, 0.1) is 5.92 Å². The maximum absolute atomic E-state index is 13.4. The van der Waals surface area contributed by atoms with Crippen molar-refractivity contribution in [2.75, 3.05) is 5.73 Å². The average molecular weight is 543 g/mol. The van der Waals surface area contributed by atoms with Gasteiger partial charge in [0.1, 0.15) is 11.4 Å². The predicted octanol–water partition coefficient (Wildman–Crippen LogP) is 1.61. The predicted molar refractivity (Wildman–Crippen MR) is 135 cm³/mol. The maximum atomic E-state index is 13.4. The summed E-state index contributed by atoms with van der Waals surface area (Å²) in [6.07, 6.45) is 4.26. The van der Waals surface area contributed by atoms with Crippen molar-refractivity contribution in [3.63, 3.8) is 0 Å². The minimum Gasteiger partial charge on any atom is -0.478 e. The van der Waals surface area contributed by atoms with Crippen LogP contribution in [0.15, 0.2) is 52.4 Å². The highest BCUT2D eigenvalue weighted by Crippen LogP contribution is 2.50. The topological polar surface area (TPSA) is 176 Å². The highest BCUT2D eigenvalue weighted by molar-refractivity contribution is 7.13. The molecule has 2 aromatic rings. The van der Waals surface area contributed by atoms with E-state index in [9.17, 15) is 29.4 Å². The molecule has 2 aliphatic rings. The van der Waals surface area contributed by atoms with Gasteiger partial charge in [0.2, 0.25) is 11.5 Å². The first kappa shape index (κ1) is 26.9. The van der Waals surface area contributed by atoms with Gasteiger partial charge in [-0.3, -0.25) is 14.5 Å². The van der Waals surface area contributed by atoms with Gasteiger partial charge < -0.3 is 20.8 Å². The molecule has 4 rings (SSSR count). The number of ketones is 1. The number of hydrogen-bond acceptors (Lipinski definition) is 9. The molecule has 0 spiro atoms. The number of nitrogens with two attached hydrogens (primary N) is 1. The summed E-state index contributed by atoms with van der Waals surface area (Å²) in [5, 5.41) is 24.8. The number of aliphatic carboxylic acids is 2. The van der Waals surface area contributed by atoms with Crippen LogP contribution in [0.3, 0.4) is 0 Å². The number of Topliss-reactive ketones (excluding diaryl/α,β-unsaturated/α-hetero) is 1. The number of carbonyl (C=O) groups excluding carboxylic acids is 2. The lowest BCUT2D eigenvalue weighted by Crippen LogP contribution is -2.71. The van der Waals surface area contributed by atoms with Crippen LogP contribution in [-0.4, -0.2) is 60.6 Å². The molecule has 12 nitrogen and oxygen atoms in total. The van der Waals surface area contributed by atoms with Gasteiger partial charge in [0.25, 0.3) is 0 Å². The van der Waals surface area contributed by atoms with Crippen molar-refractivity contribution in [1.82, 2.24) is 9.88 Å². The number of hydrogen-bond donors (Lipinski definition) is 3. The first-order valence-corrected chi connectivity index (χ1v) is 12.7. The van der Waals surface area contributed by atoms with Crippen molar-refractivity contribution >= 4 is 45.8 Å². The van der Waals surface area contributed by atoms with Crippen molar-refractivity contribution in [2.45, 2.75) is 57.7 Å². The quantitative estimate of drug-likeness (QED) is 0.174. The van der Waals surface area contributed by atoms with Crippen LogP contribution in [0.1, 0.15) is 45.7 Å². The molecule has 1 amide bonds. The van der Waals surface area contributed by atoms with E-state index in [1.54, 1.807) is 6.92 Å². The molecule has 1 saturated heterocycles. The highest BCUT2D eigenvalue weighted by atomic mass is 32.1. The smallest absolute Gasteiger partial charge is 0.352 e. The number of carbonyl (C=O) groups is 4. The number of aromatic nitrogens is 2. The summed E-state index contributed by atoms with van der Waals surface area (Å²) in [4.78, 5) is 60.9. The number of carboxylic acids is 2. The maximum Gasteiger partial charge on any atom is 0.352 e. The molecule has 0 aromatic carbocycles. The molecule has 2 atom stereocenters. The van der Waals surface area contributed by atoms with Crippen molar-refractivity contribution in [2.24, 2.45) is 11.1 Å². The largest absolute Gasteiger partial charge is 0.478 e. The zero-order valence-corrected chi connectivity index (χ0v) is 21.9. The number of β-lactam (4-membered cyclic amide) rings is 1. The zero-order valence-electron chi connectivity index (χ0n) is 21.1. The van der Waals surface area contributed by atoms with Crippen LogP contribution in [0.2, 0.25) is 0 Å². The summed E-state index contributed by atoms with van der Waals surface area (Å²) in [7, 11) is 0. The Labute approximate surface area is 222 Å². The van der Waals surface area contributed by atoms with Gasteiger partial charge in [-0.15, -0.1) is 11.3 Å². The second kappa shape index (κ2) is 9.97. The van der Waals surface area contributed by atoms with Crippen molar-refractivity contribution in [1.29, 1.82) is 0 Å². The zero-order chi connectivity index (χ0) is 27.8. The van der Waals surface area contributed by atoms with E-state index in [0.29, 0.717) is 25.0 Å². The number of anilines is 1. The summed E-state index contributed by atoms with van der Waals surface area (Å²) in [6.45, 7) is 4.64. The average Bonchev–Trinajstić information content (AvgIpc) is 3.29. The van der Waals surface area contributed by atoms with Gasteiger partial charge in [-0.2, -0.15) is 0 Å². The molecule has 1 fully saturated rings. The fourth-order valence-electron chi connectivity index (χ4n) is 4.68. The minimum absolute atomic E-state index is 0.0588. The number of allylic oxidation sites excluding steroid dienone is 1. The van der Waals surface area contributed by atoms with Crippen LogP contribution in [0.5, 0.6) is 0 Å². The van der Waals surface area contributed by atoms with Gasteiger partial charge >= 0.3 is 11.9 Å². The van der Waals surface area contributed by atoms with Crippen molar-refractivity contribution < 1.29 is 38.8 Å². The Morgan fingerprint density at radius 3 is 2.55 bits per heavy atom. The number of carboxylic acid groups (broad SMARTS) is 2. The molecular weight excluding hydrogens is 514 g/mol. The van der Waals surface area contributed by atoms with Crippen molar-refractivity contribution in [3.8, 4) is 0 Å². The van der Waals surface area contributed by atoms with E-state index in [4.69, 9.17) is 10.6 Å². The third kappa shape index (κ3) is 4.88. The third-order valence-electron chi connectivity index (χ3n) is 6.92. The second-order valence-electron chi connectivity index (χ2n) is 9.93. The molecule has 0 aliphatic carbocycles. The molecule has 0 saturated carbocycles. The van der Waals surface area contributed by atoms with E-state index >= 15 is 0 Å². The van der Waals surface area contributed by atoms with E-state index in [1.165, 1.54) is 24.1 Å². The molecule has 38 heavy (non-hydrogen) atoms. The molecule has 13 heteroatoms. The molecular formula is C25H28N5O7S+. The number of thiazole rings is 1. The SMILES string of the molecule is CC(C)(O/N=C(/C(=O)C[C@@H]1C(=O)N2C(C(=O)O)=C(C[n+]3ccccc3)CC[C@]12C)c1csc(N)n1)C(=O)O. The number of amides is 1. The first-order valence-electron chi connectivity index (χ1n) is 11.8. The Balaban J connectivity index is 1.60. The van der Waals surface area contributed by atoms with Crippen LogP contribution < -0.4 is 10.3 Å². The van der Waals surface area contributed by atoms with Crippen LogP contribution in [0.25, 0.3) is 0 Å². The van der Waals surface area contributed by atoms with Crippen LogP contribution >= 0.6 is 11.3 Å². The first-order chi connectivity index (χ1) is 17.8. The van der Waals surface area contributed by atoms with E-state index in [0.717, 1.165) is 11.3 Å². The van der Waals surface area contributed by atoms with Crippen LogP contribution in [-0.2, 0) is 30.6 Å². The summed E-state index contributed by atoms with van der Waals surface area (Å²) in [5.41, 5.74) is 3.50. The number of oxime groups is 1. The Hall–Kier alpha value is -4.13. The van der Waals surface area contributed by atoms with Gasteiger partial charge in [-0.25, -0.2) is 19.1 Å². The monoisotopic (exact) mass is 542 g/mol. The van der Waals surface area contributed by atoms with Gasteiger partial charge in [0.15, 0.2) is 35.6 Å². The molecule has 0 radical (unpaired) electrons. The normalized spacial score (nSPS) is 21.6. The molecule has 2 aliphatic heterocycles. The molecule has 0 unspecified atom stereocenters. The summed E-state index contributed by atoms with van der Waals surface area (Å²) < 4.78 is 1.84. The Bertz CT molecular complexity index is 1370. The van der Waals surface area contributed by atoms with E-state index in [-0.39, 0.29) is 28.7 Å². The van der Waals surface area contributed by atoms with Crippen LogP contribution in [0.4, 0.5) is 5.13 Å². The number of fused-ring (bicyclic) bond motifs is 1. The lowest BCUT2D eigenvalue weighted by Gasteiger charge is -2.58. The standard InChI is InChI=1S/C25H27N5O7S/c1-24(2,22(35)36)37-28-18(16-13-38-23(26)27-16)17(31)11-15-20(32)30-19(21(33)34)14(7-8-25(15,30)3)12-29-9-5-4-6-10-29/h4-6,9-10,13,15H,7-8,11-12H2,1-3H3,(H3-,26,27,33,34,35,36)/p+1/b28-18+/t15-,25-/m1/s1. The number of nitrogens with zero attached hydrogens (tertiary/aromatic N) is 4. The van der Waals surface area contributed by atoms with Gasteiger partial charge in [0.05, 0.1) is 11.5 Å². The second-order valence-corrected chi connectivity index (χ2v) is 10.8. The summed E-state index contributed by atoms with van der Waals surface area (Å²) >= 11 is 1.06. The van der Waals surface area contributed by atoms with E-state index in [2.05, 4.69) is 10.1 Å². The third-order valence-corrected chi connectivity index (χ3v) is 7.60. The fourth-order valence-corrected chi connectivity index (χ4v) is 5.23. The number of nitrogen functional groups attached to an aromatic ring is 1. The number of pyridine rings is 1. The van der Waals surface area contributed by atoms with E-state index < -0.39 is 40.7 Å². The number of rotatable bonds is 10. The lowest BCUT2D eigenvalue weighted by atomic mass is 9.66. The minimum atomic E-state index is -1.72. The summed E-state index contributed by atoms with van der Waals surface area (Å²) in [5.74, 6) is -4.36. The highest BCUT2D eigenvalue weighted by Gasteiger charge is 2.61. The molecule has 4 N–H and O–H groups in total. The fraction of sp³-hybridized carbons (Fsp3) is 0.400. The van der Waals surface area contributed by atoms with Gasteiger partial charge in [-0.1, -0.05) is 11.2 Å². The van der Waals surface area contributed by atoms with E-state index in [1.807, 2.05) is 35.2 Å². The molecule has 2 aromatic heterocycles. The van der Waals surface area contributed by atoms with Gasteiger partial charge in [-0.05, 0) is 33.6 Å². The van der Waals surface area contributed by atoms with Gasteiger partial charge in [0, 0.05) is 29.5 Å². The molecule has 4 heterocycles. The Morgan fingerprint density at radius 1 is 1.29 bits per heavy atom. The Morgan fingerprint density at radius 2 is 1.97 bits per heavy atom. The lowest BCUT2D eigenvalue weighted by molar-refractivity contribution is -0.689. The molecule has 0 bridgehead atoms. The van der Waals surface area contributed by atoms with Crippen molar-refractivity contribution in [3.05, 3.63) is 52.9 Å².